The predicted octanol–water partition coefficient (Wildman–Crippen LogP) is 4.89. The average molecular weight is 436 g/mol. The molecule has 0 radical (unpaired) electrons. The molecule has 4 rings (SSSR count). The molecular weight excluding hydrogens is 398 g/mol. The first-order chi connectivity index (χ1) is 15.7. The summed E-state index contributed by atoms with van der Waals surface area (Å²) < 4.78 is 5.82. The van der Waals surface area contributed by atoms with Crippen molar-refractivity contribution in [1.82, 2.24) is 14.7 Å². The number of amides is 1. The minimum atomic E-state index is 0.0695. The molecular formula is C27H37N3O2. The summed E-state index contributed by atoms with van der Waals surface area (Å²) >= 11 is 0. The van der Waals surface area contributed by atoms with Crippen molar-refractivity contribution in [3.05, 3.63) is 60.2 Å². The Kier molecular flexibility index (Phi) is 8.18. The zero-order valence-electron chi connectivity index (χ0n) is 19.4. The molecule has 0 aromatic heterocycles. The maximum Gasteiger partial charge on any atom is 0.253 e. The Labute approximate surface area is 193 Å². The van der Waals surface area contributed by atoms with Gasteiger partial charge in [-0.2, -0.15) is 0 Å². The lowest BCUT2D eigenvalue weighted by atomic mass is 10.00. The summed E-state index contributed by atoms with van der Waals surface area (Å²) in [6, 6.07) is 17.9. The van der Waals surface area contributed by atoms with E-state index in [4.69, 9.17) is 4.74 Å². The molecule has 0 N–H and O–H groups in total. The number of ether oxygens (including phenoxy) is 1. The zero-order chi connectivity index (χ0) is 22.2. The quantitative estimate of drug-likeness (QED) is 0.591. The maximum absolute atomic E-state index is 12.8. The smallest absolute Gasteiger partial charge is 0.253 e. The number of para-hydroxylation sites is 1. The van der Waals surface area contributed by atoms with E-state index < -0.39 is 0 Å². The normalized spacial score (nSPS) is 18.4. The molecule has 0 bridgehead atoms. The van der Waals surface area contributed by atoms with Gasteiger partial charge in [-0.15, -0.1) is 0 Å². The van der Waals surface area contributed by atoms with Crippen molar-refractivity contribution < 1.29 is 9.53 Å². The second-order valence-electron chi connectivity index (χ2n) is 9.19. The monoisotopic (exact) mass is 435 g/mol. The number of benzene rings is 2. The van der Waals surface area contributed by atoms with E-state index in [9.17, 15) is 4.79 Å². The summed E-state index contributed by atoms with van der Waals surface area (Å²) in [6.45, 7) is 6.86. The van der Waals surface area contributed by atoms with Crippen molar-refractivity contribution in [2.24, 2.45) is 0 Å². The molecule has 2 heterocycles. The number of hydrogen-bond acceptors (Lipinski definition) is 4. The van der Waals surface area contributed by atoms with E-state index in [0.29, 0.717) is 5.56 Å². The van der Waals surface area contributed by atoms with Crippen molar-refractivity contribution in [3.63, 3.8) is 0 Å². The van der Waals surface area contributed by atoms with E-state index in [1.165, 1.54) is 58.3 Å². The van der Waals surface area contributed by atoms with Crippen molar-refractivity contribution in [3.8, 4) is 11.5 Å². The van der Waals surface area contributed by atoms with E-state index in [2.05, 4.69) is 9.80 Å². The molecule has 2 aromatic rings. The molecule has 0 unspecified atom stereocenters. The molecule has 2 aliphatic heterocycles. The summed E-state index contributed by atoms with van der Waals surface area (Å²) in [4.78, 5) is 19.9. The Morgan fingerprint density at radius 2 is 1.56 bits per heavy atom. The summed E-state index contributed by atoms with van der Waals surface area (Å²) in [7, 11) is 1.90. The lowest BCUT2D eigenvalue weighted by Crippen LogP contribution is -2.47. The molecule has 1 amide bonds. The Balaban J connectivity index is 1.16. The molecule has 32 heavy (non-hydrogen) atoms. The average Bonchev–Trinajstić information content (AvgIpc) is 2.85. The Morgan fingerprint density at radius 1 is 0.906 bits per heavy atom. The molecule has 5 nitrogen and oxygen atoms in total. The first-order valence-corrected chi connectivity index (χ1v) is 12.2. The highest BCUT2D eigenvalue weighted by Crippen LogP contribution is 2.22. The fourth-order valence-corrected chi connectivity index (χ4v) is 4.94. The van der Waals surface area contributed by atoms with Gasteiger partial charge in [-0.05, 0) is 101 Å². The van der Waals surface area contributed by atoms with E-state index in [-0.39, 0.29) is 5.91 Å². The van der Waals surface area contributed by atoms with Crippen LogP contribution in [-0.4, -0.2) is 73.0 Å². The second-order valence-corrected chi connectivity index (χ2v) is 9.19. The third kappa shape index (κ3) is 6.33. The number of carbonyl (C=O) groups excluding carboxylic acids is 1. The minimum absolute atomic E-state index is 0.0695. The summed E-state index contributed by atoms with van der Waals surface area (Å²) in [6.07, 6.45) is 7.78. The van der Waals surface area contributed by atoms with E-state index >= 15 is 0 Å². The third-order valence-corrected chi connectivity index (χ3v) is 6.86. The van der Waals surface area contributed by atoms with Gasteiger partial charge < -0.3 is 19.4 Å². The SMILES string of the molecule is CN(CCCN1CCC(N2CCCCC2)CC1)C(=O)c1ccc(Oc2ccccc2)cc1. The fourth-order valence-electron chi connectivity index (χ4n) is 4.94. The van der Waals surface area contributed by atoms with Crippen LogP contribution in [0.1, 0.15) is 48.9 Å². The Morgan fingerprint density at radius 3 is 2.25 bits per heavy atom. The number of hydrogen-bond donors (Lipinski definition) is 0. The number of carbonyl (C=O) groups is 1. The zero-order valence-corrected chi connectivity index (χ0v) is 19.4. The van der Waals surface area contributed by atoms with Crippen LogP contribution in [-0.2, 0) is 0 Å². The highest BCUT2D eigenvalue weighted by atomic mass is 16.5. The first-order valence-electron chi connectivity index (χ1n) is 12.2. The molecule has 172 valence electrons. The highest BCUT2D eigenvalue weighted by Gasteiger charge is 2.25. The molecule has 0 aliphatic carbocycles. The van der Waals surface area contributed by atoms with E-state index in [1.807, 2.05) is 66.5 Å². The Bertz CT molecular complexity index is 826. The minimum Gasteiger partial charge on any atom is -0.457 e. The number of likely N-dealkylation sites (tertiary alicyclic amines) is 2. The van der Waals surface area contributed by atoms with Gasteiger partial charge in [0.05, 0.1) is 0 Å². The molecule has 0 atom stereocenters. The van der Waals surface area contributed by atoms with Crippen LogP contribution in [0.5, 0.6) is 11.5 Å². The molecule has 2 saturated heterocycles. The second kappa shape index (κ2) is 11.5. The van der Waals surface area contributed by atoms with Gasteiger partial charge >= 0.3 is 0 Å². The van der Waals surface area contributed by atoms with Crippen LogP contribution in [0.25, 0.3) is 0 Å². The van der Waals surface area contributed by atoms with Gasteiger partial charge in [-0.3, -0.25) is 4.79 Å². The molecule has 0 spiro atoms. The van der Waals surface area contributed by atoms with Gasteiger partial charge in [0, 0.05) is 25.2 Å². The van der Waals surface area contributed by atoms with Crippen LogP contribution >= 0.6 is 0 Å². The number of piperidine rings is 2. The van der Waals surface area contributed by atoms with Crippen LogP contribution in [0.3, 0.4) is 0 Å². The van der Waals surface area contributed by atoms with Gasteiger partial charge in [0.2, 0.25) is 0 Å². The van der Waals surface area contributed by atoms with Crippen molar-refractivity contribution in [2.45, 2.75) is 44.6 Å². The van der Waals surface area contributed by atoms with E-state index in [1.54, 1.807) is 0 Å². The highest BCUT2D eigenvalue weighted by molar-refractivity contribution is 5.94. The van der Waals surface area contributed by atoms with Gasteiger partial charge in [0.1, 0.15) is 11.5 Å². The largest absolute Gasteiger partial charge is 0.457 e. The molecule has 5 heteroatoms. The first kappa shape index (κ1) is 22.8. The number of rotatable bonds is 8. The van der Waals surface area contributed by atoms with Crippen LogP contribution in [0, 0.1) is 0 Å². The molecule has 2 aromatic carbocycles. The summed E-state index contributed by atoms with van der Waals surface area (Å²) in [5.74, 6) is 1.60. The Hall–Kier alpha value is -2.37. The van der Waals surface area contributed by atoms with E-state index in [0.717, 1.165) is 37.1 Å². The fraction of sp³-hybridized carbons (Fsp3) is 0.519. The van der Waals surface area contributed by atoms with Gasteiger partial charge in [-0.1, -0.05) is 24.6 Å². The summed E-state index contributed by atoms with van der Waals surface area (Å²) in [5, 5.41) is 0. The van der Waals surface area contributed by atoms with Gasteiger partial charge in [-0.25, -0.2) is 0 Å². The van der Waals surface area contributed by atoms with Crippen molar-refractivity contribution >= 4 is 5.91 Å². The maximum atomic E-state index is 12.8. The summed E-state index contributed by atoms with van der Waals surface area (Å²) in [5.41, 5.74) is 0.704. The predicted molar refractivity (Wildman–Crippen MR) is 129 cm³/mol. The van der Waals surface area contributed by atoms with Crippen molar-refractivity contribution in [2.75, 3.05) is 46.3 Å². The standard InChI is InChI=1S/C27H37N3O2/c1-28(17-8-18-29-21-15-24(16-22-29)30-19-6-3-7-20-30)27(31)23-11-13-26(14-12-23)32-25-9-4-2-5-10-25/h2,4-5,9-14,24H,3,6-8,15-22H2,1H3. The molecule has 0 saturated carbocycles. The lowest BCUT2D eigenvalue weighted by molar-refractivity contribution is 0.0767. The molecule has 2 aliphatic rings. The van der Waals surface area contributed by atoms with Crippen LogP contribution < -0.4 is 4.74 Å². The molecule has 2 fully saturated rings. The topological polar surface area (TPSA) is 36.0 Å². The van der Waals surface area contributed by atoms with Crippen LogP contribution in [0.15, 0.2) is 54.6 Å². The van der Waals surface area contributed by atoms with Crippen LogP contribution in [0.2, 0.25) is 0 Å². The van der Waals surface area contributed by atoms with Gasteiger partial charge in [0.25, 0.3) is 5.91 Å². The van der Waals surface area contributed by atoms with Crippen LogP contribution in [0.4, 0.5) is 0 Å². The van der Waals surface area contributed by atoms with Crippen molar-refractivity contribution in [1.29, 1.82) is 0 Å². The van der Waals surface area contributed by atoms with Gasteiger partial charge in [0.15, 0.2) is 0 Å². The third-order valence-electron chi connectivity index (χ3n) is 6.86. The number of nitrogens with zero attached hydrogens (tertiary/aromatic N) is 3. The lowest BCUT2D eigenvalue weighted by Gasteiger charge is -2.40.